The molecule has 0 radical (unpaired) electrons. The van der Waals surface area contributed by atoms with Crippen molar-refractivity contribution < 1.29 is 9.59 Å². The van der Waals surface area contributed by atoms with E-state index in [9.17, 15) is 9.59 Å². The summed E-state index contributed by atoms with van der Waals surface area (Å²) in [6, 6.07) is 12.1. The summed E-state index contributed by atoms with van der Waals surface area (Å²) in [5.41, 5.74) is 1.92. The van der Waals surface area contributed by atoms with E-state index in [2.05, 4.69) is 16.0 Å². The van der Waals surface area contributed by atoms with Gasteiger partial charge in [-0.15, -0.1) is 0 Å². The fourth-order valence-electron chi connectivity index (χ4n) is 2.24. The molecule has 0 spiro atoms. The number of anilines is 3. The highest BCUT2D eigenvalue weighted by Crippen LogP contribution is 2.29. The van der Waals surface area contributed by atoms with Crippen LogP contribution in [0.25, 0.3) is 0 Å². The van der Waals surface area contributed by atoms with Gasteiger partial charge in [-0.05, 0) is 42.3 Å². The van der Waals surface area contributed by atoms with E-state index in [0.717, 1.165) is 0 Å². The molecule has 7 heteroatoms. The summed E-state index contributed by atoms with van der Waals surface area (Å²) in [4.78, 5) is 23.8. The maximum absolute atomic E-state index is 12.0. The van der Waals surface area contributed by atoms with Gasteiger partial charge in [0.2, 0.25) is 11.8 Å². The number of amides is 2. The van der Waals surface area contributed by atoms with Crippen molar-refractivity contribution in [2.24, 2.45) is 5.92 Å². The molecule has 0 fully saturated rings. The Morgan fingerprint density at radius 3 is 2.08 bits per heavy atom. The largest absolute Gasteiger partial charge is 0.375 e. The predicted octanol–water partition coefficient (Wildman–Crippen LogP) is 5.03. The fraction of sp³-hybridized carbons (Fsp3) is 0.263. The first kappa shape index (κ1) is 20.1. The molecule has 0 aromatic heterocycles. The van der Waals surface area contributed by atoms with E-state index in [-0.39, 0.29) is 18.4 Å². The second-order valence-corrected chi connectivity index (χ2v) is 7.01. The Hall–Kier alpha value is -2.24. The summed E-state index contributed by atoms with van der Waals surface area (Å²) in [7, 11) is 0. The van der Waals surface area contributed by atoms with Crippen LogP contribution in [0.15, 0.2) is 42.5 Å². The van der Waals surface area contributed by atoms with Crippen molar-refractivity contribution in [2.75, 3.05) is 22.5 Å². The van der Waals surface area contributed by atoms with Gasteiger partial charge in [-0.2, -0.15) is 0 Å². The van der Waals surface area contributed by atoms with Crippen LogP contribution in [0.5, 0.6) is 0 Å². The van der Waals surface area contributed by atoms with Crippen LogP contribution in [0.4, 0.5) is 17.1 Å². The highest BCUT2D eigenvalue weighted by Gasteiger charge is 2.08. The van der Waals surface area contributed by atoms with E-state index < -0.39 is 0 Å². The standard InChI is InChI=1S/C19H21Cl2N3O2/c1-12(2)10-17(25)23-13-6-8-14(9-7-13)24-18(26)11-22-16-5-3-4-15(20)19(16)21/h3-9,12,22H,10-11H2,1-2H3,(H,23,25)(H,24,26). The highest BCUT2D eigenvalue weighted by molar-refractivity contribution is 6.43. The van der Waals surface area contributed by atoms with Crippen molar-refractivity contribution >= 4 is 52.1 Å². The molecule has 0 unspecified atom stereocenters. The SMILES string of the molecule is CC(C)CC(=O)Nc1ccc(NC(=O)CNc2cccc(Cl)c2Cl)cc1. The Kier molecular flexibility index (Phi) is 7.30. The van der Waals surface area contributed by atoms with Crippen molar-refractivity contribution in [3.05, 3.63) is 52.5 Å². The Balaban J connectivity index is 1.85. The van der Waals surface area contributed by atoms with Crippen molar-refractivity contribution in [3.63, 3.8) is 0 Å². The van der Waals surface area contributed by atoms with Gasteiger partial charge in [-0.1, -0.05) is 43.1 Å². The van der Waals surface area contributed by atoms with Crippen LogP contribution in [0.1, 0.15) is 20.3 Å². The molecule has 2 aromatic carbocycles. The number of hydrogen-bond donors (Lipinski definition) is 3. The molecule has 3 N–H and O–H groups in total. The zero-order chi connectivity index (χ0) is 19.1. The van der Waals surface area contributed by atoms with Crippen LogP contribution in [0.2, 0.25) is 10.0 Å². The molecule has 5 nitrogen and oxygen atoms in total. The van der Waals surface area contributed by atoms with Crippen LogP contribution in [0.3, 0.4) is 0 Å². The molecule has 2 aromatic rings. The summed E-state index contributed by atoms with van der Waals surface area (Å²) < 4.78 is 0. The normalized spacial score (nSPS) is 10.5. The van der Waals surface area contributed by atoms with Crippen LogP contribution in [0, 0.1) is 5.92 Å². The summed E-state index contributed by atoms with van der Waals surface area (Å²) in [6.07, 6.45) is 0.468. The second-order valence-electron chi connectivity index (χ2n) is 6.23. The fourth-order valence-corrected chi connectivity index (χ4v) is 2.61. The van der Waals surface area contributed by atoms with Gasteiger partial charge in [0.15, 0.2) is 0 Å². The monoisotopic (exact) mass is 393 g/mol. The molecule has 0 aliphatic rings. The minimum atomic E-state index is -0.224. The third-order valence-electron chi connectivity index (χ3n) is 3.44. The summed E-state index contributed by atoms with van der Waals surface area (Å²) in [5.74, 6) is 0.0473. The molecule has 0 heterocycles. The van der Waals surface area contributed by atoms with E-state index in [4.69, 9.17) is 23.2 Å². The van der Waals surface area contributed by atoms with E-state index in [1.165, 1.54) is 0 Å². The number of benzene rings is 2. The molecule has 0 bridgehead atoms. The maximum atomic E-state index is 12.0. The molecular weight excluding hydrogens is 373 g/mol. The van der Waals surface area contributed by atoms with E-state index in [0.29, 0.717) is 39.4 Å². The number of carbonyl (C=O) groups excluding carboxylic acids is 2. The average Bonchev–Trinajstić information content (AvgIpc) is 2.57. The lowest BCUT2D eigenvalue weighted by molar-refractivity contribution is -0.117. The minimum Gasteiger partial charge on any atom is -0.375 e. The topological polar surface area (TPSA) is 70.2 Å². The summed E-state index contributed by atoms with van der Waals surface area (Å²) in [5, 5.41) is 9.34. The van der Waals surface area contributed by atoms with Crippen molar-refractivity contribution in [2.45, 2.75) is 20.3 Å². The smallest absolute Gasteiger partial charge is 0.243 e. The van der Waals surface area contributed by atoms with Gasteiger partial charge in [0.25, 0.3) is 0 Å². The predicted molar refractivity (Wildman–Crippen MR) is 108 cm³/mol. The van der Waals surface area contributed by atoms with Gasteiger partial charge in [0, 0.05) is 17.8 Å². The number of hydrogen-bond acceptors (Lipinski definition) is 3. The van der Waals surface area contributed by atoms with Crippen molar-refractivity contribution in [3.8, 4) is 0 Å². The molecule has 2 amide bonds. The maximum Gasteiger partial charge on any atom is 0.243 e. The Morgan fingerprint density at radius 2 is 1.50 bits per heavy atom. The van der Waals surface area contributed by atoms with Crippen LogP contribution >= 0.6 is 23.2 Å². The lowest BCUT2D eigenvalue weighted by Gasteiger charge is -2.11. The molecule has 2 rings (SSSR count). The lowest BCUT2D eigenvalue weighted by Crippen LogP contribution is -2.21. The molecule has 0 saturated heterocycles. The molecule has 0 aliphatic carbocycles. The van der Waals surface area contributed by atoms with Gasteiger partial charge >= 0.3 is 0 Å². The number of nitrogens with one attached hydrogen (secondary N) is 3. The third-order valence-corrected chi connectivity index (χ3v) is 4.26. The van der Waals surface area contributed by atoms with Gasteiger partial charge in [-0.25, -0.2) is 0 Å². The van der Waals surface area contributed by atoms with E-state index in [1.54, 1.807) is 42.5 Å². The Bertz CT molecular complexity index is 777. The van der Waals surface area contributed by atoms with Crippen LogP contribution in [-0.2, 0) is 9.59 Å². The van der Waals surface area contributed by atoms with Gasteiger partial charge in [-0.3, -0.25) is 9.59 Å². The molecule has 138 valence electrons. The Labute approximate surface area is 163 Å². The van der Waals surface area contributed by atoms with E-state index in [1.807, 2.05) is 13.8 Å². The van der Waals surface area contributed by atoms with Gasteiger partial charge < -0.3 is 16.0 Å². The Morgan fingerprint density at radius 1 is 0.923 bits per heavy atom. The van der Waals surface area contributed by atoms with Gasteiger partial charge in [0.05, 0.1) is 22.3 Å². The average molecular weight is 394 g/mol. The van der Waals surface area contributed by atoms with Crippen molar-refractivity contribution in [1.82, 2.24) is 0 Å². The molecule has 26 heavy (non-hydrogen) atoms. The number of rotatable bonds is 7. The second kappa shape index (κ2) is 9.46. The first-order valence-corrected chi connectivity index (χ1v) is 8.98. The quantitative estimate of drug-likeness (QED) is 0.617. The first-order chi connectivity index (χ1) is 12.3. The number of halogens is 2. The van der Waals surface area contributed by atoms with Crippen LogP contribution in [-0.4, -0.2) is 18.4 Å². The van der Waals surface area contributed by atoms with Gasteiger partial charge in [0.1, 0.15) is 0 Å². The number of carbonyl (C=O) groups is 2. The third kappa shape index (κ3) is 6.24. The minimum absolute atomic E-state index is 0.0283. The molecule has 0 aliphatic heterocycles. The zero-order valence-electron chi connectivity index (χ0n) is 14.6. The molecule has 0 atom stereocenters. The van der Waals surface area contributed by atoms with E-state index >= 15 is 0 Å². The molecule has 0 saturated carbocycles. The first-order valence-electron chi connectivity index (χ1n) is 8.23. The summed E-state index contributed by atoms with van der Waals surface area (Å²) in [6.45, 7) is 4.03. The zero-order valence-corrected chi connectivity index (χ0v) is 16.1. The molecular formula is C19H21Cl2N3O2. The van der Waals surface area contributed by atoms with Crippen LogP contribution < -0.4 is 16.0 Å². The summed E-state index contributed by atoms with van der Waals surface area (Å²) >= 11 is 12.0. The van der Waals surface area contributed by atoms with Crippen molar-refractivity contribution in [1.29, 1.82) is 0 Å². The highest BCUT2D eigenvalue weighted by atomic mass is 35.5. The lowest BCUT2D eigenvalue weighted by atomic mass is 10.1.